The van der Waals surface area contributed by atoms with Crippen LogP contribution < -0.4 is 14.2 Å². The van der Waals surface area contributed by atoms with Gasteiger partial charge in [-0.1, -0.05) is 18.2 Å². The average molecular weight is 436 g/mol. The molecule has 0 saturated heterocycles. The fourth-order valence-corrected chi connectivity index (χ4v) is 4.20. The quantitative estimate of drug-likeness (QED) is 0.521. The highest BCUT2D eigenvalue weighted by atomic mass is 19.2. The van der Waals surface area contributed by atoms with E-state index in [0.717, 1.165) is 34.7 Å². The first kappa shape index (κ1) is 20.3. The Morgan fingerprint density at radius 3 is 2.59 bits per heavy atom. The van der Waals surface area contributed by atoms with Crippen LogP contribution in [0.25, 0.3) is 0 Å². The van der Waals surface area contributed by atoms with Crippen LogP contribution in [0.2, 0.25) is 0 Å². The molecule has 2 aliphatic rings. The maximum atomic E-state index is 14.1. The van der Waals surface area contributed by atoms with Gasteiger partial charge in [0.05, 0.1) is 25.5 Å². The van der Waals surface area contributed by atoms with Gasteiger partial charge in [-0.2, -0.15) is 5.10 Å². The van der Waals surface area contributed by atoms with E-state index in [1.807, 2.05) is 54.4 Å². The second-order valence-electron chi connectivity index (χ2n) is 7.63. The molecule has 0 radical (unpaired) electrons. The Balaban J connectivity index is 1.60. The average Bonchev–Trinajstić information content (AvgIpc) is 3.27. The van der Waals surface area contributed by atoms with E-state index in [0.29, 0.717) is 30.1 Å². The molecule has 0 N–H and O–H groups in total. The molecule has 0 aromatic heterocycles. The standard InChI is InChI=1S/C25H22F2N2O3/c1-3-31-23-6-4-5-18-22-14-21(15-7-10-17(30-2)11-8-15)28-29(22)25(32-24(18)23)16-9-12-19(26)20(27)13-16/h4-13,22,25H,3,14H2,1-2H3/t22-,25+/m1/s1. The van der Waals surface area contributed by atoms with Crippen LogP contribution in [0, 0.1) is 11.6 Å². The van der Waals surface area contributed by atoms with E-state index in [1.165, 1.54) is 6.07 Å². The molecule has 3 aromatic carbocycles. The molecule has 2 heterocycles. The van der Waals surface area contributed by atoms with Gasteiger partial charge in [0.1, 0.15) is 5.75 Å². The van der Waals surface area contributed by atoms with Crippen LogP contribution in [0.5, 0.6) is 17.2 Å². The molecule has 5 rings (SSSR count). The van der Waals surface area contributed by atoms with Gasteiger partial charge in [-0.3, -0.25) is 0 Å². The van der Waals surface area contributed by atoms with E-state index >= 15 is 0 Å². The van der Waals surface area contributed by atoms with E-state index < -0.39 is 17.9 Å². The molecular weight excluding hydrogens is 414 g/mol. The summed E-state index contributed by atoms with van der Waals surface area (Å²) < 4.78 is 45.0. The maximum Gasteiger partial charge on any atom is 0.214 e. The van der Waals surface area contributed by atoms with Crippen molar-refractivity contribution in [3.63, 3.8) is 0 Å². The van der Waals surface area contributed by atoms with E-state index in [4.69, 9.17) is 19.3 Å². The summed E-state index contributed by atoms with van der Waals surface area (Å²) in [6.07, 6.45) is -0.0849. The number of fused-ring (bicyclic) bond motifs is 3. The number of halogens is 2. The minimum absolute atomic E-state index is 0.130. The first-order chi connectivity index (χ1) is 15.6. The van der Waals surface area contributed by atoms with Crippen molar-refractivity contribution in [2.45, 2.75) is 25.6 Å². The minimum Gasteiger partial charge on any atom is -0.497 e. The molecule has 0 fully saturated rings. The Labute approximate surface area is 184 Å². The van der Waals surface area contributed by atoms with Crippen LogP contribution in [-0.4, -0.2) is 24.4 Å². The lowest BCUT2D eigenvalue weighted by atomic mass is 9.95. The van der Waals surface area contributed by atoms with Crippen molar-refractivity contribution in [3.05, 3.63) is 89.0 Å². The molecule has 32 heavy (non-hydrogen) atoms. The zero-order valence-corrected chi connectivity index (χ0v) is 17.7. The summed E-state index contributed by atoms with van der Waals surface area (Å²) in [6.45, 7) is 2.39. The summed E-state index contributed by atoms with van der Waals surface area (Å²) in [5.41, 5.74) is 3.27. The van der Waals surface area contributed by atoms with Crippen LogP contribution in [-0.2, 0) is 0 Å². The lowest BCUT2D eigenvalue weighted by Crippen LogP contribution is -2.34. The summed E-state index contributed by atoms with van der Waals surface area (Å²) in [5, 5.41) is 6.67. The Kier molecular flexibility index (Phi) is 5.17. The molecule has 3 aromatic rings. The highest BCUT2D eigenvalue weighted by Gasteiger charge is 2.42. The lowest BCUT2D eigenvalue weighted by Gasteiger charge is -2.38. The van der Waals surface area contributed by atoms with Crippen LogP contribution in [0.4, 0.5) is 8.78 Å². The number of hydrogen-bond acceptors (Lipinski definition) is 5. The number of para-hydroxylation sites is 1. The molecule has 164 valence electrons. The Morgan fingerprint density at radius 1 is 1.06 bits per heavy atom. The molecule has 0 unspecified atom stereocenters. The lowest BCUT2D eigenvalue weighted by molar-refractivity contribution is -0.0214. The van der Waals surface area contributed by atoms with E-state index in [9.17, 15) is 8.78 Å². The molecule has 2 aliphatic heterocycles. The number of rotatable bonds is 5. The van der Waals surface area contributed by atoms with Gasteiger partial charge < -0.3 is 14.2 Å². The number of hydrogen-bond donors (Lipinski definition) is 0. The summed E-state index contributed by atoms with van der Waals surface area (Å²) in [6, 6.07) is 17.1. The number of methoxy groups -OCH3 is 1. The first-order valence-electron chi connectivity index (χ1n) is 10.5. The second-order valence-corrected chi connectivity index (χ2v) is 7.63. The Bertz CT molecular complexity index is 1180. The van der Waals surface area contributed by atoms with Gasteiger partial charge in [-0.25, -0.2) is 13.8 Å². The summed E-state index contributed by atoms with van der Waals surface area (Å²) in [5.74, 6) is 0.164. The van der Waals surface area contributed by atoms with Crippen molar-refractivity contribution in [1.82, 2.24) is 5.01 Å². The fourth-order valence-electron chi connectivity index (χ4n) is 4.20. The highest BCUT2D eigenvalue weighted by molar-refractivity contribution is 6.02. The summed E-state index contributed by atoms with van der Waals surface area (Å²) in [4.78, 5) is 0. The van der Waals surface area contributed by atoms with E-state index in [-0.39, 0.29) is 6.04 Å². The predicted molar refractivity (Wildman–Crippen MR) is 116 cm³/mol. The molecule has 0 amide bonds. The summed E-state index contributed by atoms with van der Waals surface area (Å²) >= 11 is 0. The van der Waals surface area contributed by atoms with Gasteiger partial charge in [0.25, 0.3) is 0 Å². The van der Waals surface area contributed by atoms with Crippen LogP contribution >= 0.6 is 0 Å². The number of nitrogens with zero attached hydrogens (tertiary/aromatic N) is 2. The maximum absolute atomic E-state index is 14.1. The van der Waals surface area contributed by atoms with Gasteiger partial charge in [-0.05, 0) is 55.0 Å². The van der Waals surface area contributed by atoms with Crippen molar-refractivity contribution in [2.24, 2.45) is 5.10 Å². The van der Waals surface area contributed by atoms with Crippen LogP contribution in [0.1, 0.15) is 42.3 Å². The topological polar surface area (TPSA) is 43.3 Å². The first-order valence-corrected chi connectivity index (χ1v) is 10.5. The number of ether oxygens (including phenoxy) is 3. The molecule has 0 bridgehead atoms. The van der Waals surface area contributed by atoms with Crippen molar-refractivity contribution in [2.75, 3.05) is 13.7 Å². The zero-order valence-electron chi connectivity index (χ0n) is 17.7. The van der Waals surface area contributed by atoms with Gasteiger partial charge >= 0.3 is 0 Å². The third kappa shape index (κ3) is 3.43. The van der Waals surface area contributed by atoms with Crippen molar-refractivity contribution in [3.8, 4) is 17.2 Å². The van der Waals surface area contributed by atoms with Crippen LogP contribution in [0.15, 0.2) is 65.8 Å². The second kappa shape index (κ2) is 8.15. The van der Waals surface area contributed by atoms with Crippen molar-refractivity contribution >= 4 is 5.71 Å². The summed E-state index contributed by atoms with van der Waals surface area (Å²) in [7, 11) is 1.62. The predicted octanol–water partition coefficient (Wildman–Crippen LogP) is 5.61. The van der Waals surface area contributed by atoms with Gasteiger partial charge in [0.15, 0.2) is 23.1 Å². The van der Waals surface area contributed by atoms with E-state index in [2.05, 4.69) is 0 Å². The Morgan fingerprint density at radius 2 is 1.88 bits per heavy atom. The molecule has 0 spiro atoms. The van der Waals surface area contributed by atoms with E-state index in [1.54, 1.807) is 7.11 Å². The minimum atomic E-state index is -0.926. The van der Waals surface area contributed by atoms with Crippen molar-refractivity contribution < 1.29 is 23.0 Å². The molecule has 5 nitrogen and oxygen atoms in total. The zero-order chi connectivity index (χ0) is 22.2. The van der Waals surface area contributed by atoms with Crippen LogP contribution in [0.3, 0.4) is 0 Å². The smallest absolute Gasteiger partial charge is 0.214 e. The number of hydrazone groups is 1. The Hall–Kier alpha value is -3.61. The fraction of sp³-hybridized carbons (Fsp3) is 0.240. The van der Waals surface area contributed by atoms with Gasteiger partial charge in [0, 0.05) is 17.5 Å². The number of benzene rings is 3. The molecule has 0 aliphatic carbocycles. The molecular formula is C25H22F2N2O3. The molecule has 2 atom stereocenters. The highest BCUT2D eigenvalue weighted by Crippen LogP contribution is 2.50. The third-order valence-electron chi connectivity index (χ3n) is 5.73. The molecule has 0 saturated carbocycles. The van der Waals surface area contributed by atoms with Crippen molar-refractivity contribution in [1.29, 1.82) is 0 Å². The largest absolute Gasteiger partial charge is 0.497 e. The normalized spacial score (nSPS) is 19.0. The monoisotopic (exact) mass is 436 g/mol. The van der Waals surface area contributed by atoms with Gasteiger partial charge in [-0.15, -0.1) is 0 Å². The SMILES string of the molecule is CCOc1cccc2c1O[C@@H](c1ccc(F)c(F)c1)N1N=C(c3ccc(OC)cc3)C[C@H]21. The third-order valence-corrected chi connectivity index (χ3v) is 5.73. The molecule has 7 heteroatoms. The van der Waals surface area contributed by atoms with Gasteiger partial charge in [0.2, 0.25) is 6.23 Å².